The monoisotopic (exact) mass is 419 g/mol. The van der Waals surface area contributed by atoms with E-state index in [4.69, 9.17) is 0 Å². The second kappa shape index (κ2) is 7.65. The topological polar surface area (TPSA) is 79.4 Å². The molecule has 1 fully saturated rings. The van der Waals surface area contributed by atoms with E-state index in [-0.39, 0.29) is 36.0 Å². The number of carbonyl (C=O) groups is 3. The minimum Gasteiger partial charge on any atom is -0.345 e. The molecule has 2 aliphatic rings. The first-order valence-electron chi connectivity index (χ1n) is 10.2. The Hall–Kier alpha value is -3.06. The molecule has 1 atom stereocenters. The molecule has 5 rings (SSSR count). The minimum atomic E-state index is -0.275. The third-order valence-electron chi connectivity index (χ3n) is 5.99. The number of nitrogens with one attached hydrogen (secondary N) is 1. The van der Waals surface area contributed by atoms with E-state index in [9.17, 15) is 14.4 Å². The highest BCUT2D eigenvalue weighted by Crippen LogP contribution is 2.30. The molecule has 1 saturated heterocycles. The van der Waals surface area contributed by atoms with E-state index < -0.39 is 0 Å². The maximum absolute atomic E-state index is 12.9. The van der Waals surface area contributed by atoms with Gasteiger partial charge < -0.3 is 10.2 Å². The summed E-state index contributed by atoms with van der Waals surface area (Å²) in [7, 11) is 0. The fourth-order valence-electron chi connectivity index (χ4n) is 4.33. The lowest BCUT2D eigenvalue weighted by Crippen LogP contribution is -2.41. The summed E-state index contributed by atoms with van der Waals surface area (Å²) in [6.45, 7) is 1.12. The number of ketones is 1. The summed E-state index contributed by atoms with van der Waals surface area (Å²) >= 11 is 1.44. The molecule has 0 radical (unpaired) electrons. The quantitative estimate of drug-likeness (QED) is 0.656. The molecule has 0 unspecified atom stereocenters. The number of carbonyl (C=O) groups excluding carboxylic acids is 3. The van der Waals surface area contributed by atoms with Crippen LogP contribution in [-0.2, 0) is 4.79 Å². The van der Waals surface area contributed by atoms with Crippen LogP contribution in [0.25, 0.3) is 10.2 Å². The molecule has 0 saturated carbocycles. The molecule has 7 heteroatoms. The molecule has 3 aromatic rings. The van der Waals surface area contributed by atoms with Crippen molar-refractivity contribution in [2.45, 2.75) is 25.3 Å². The number of para-hydroxylation sites is 1. The molecule has 2 aromatic carbocycles. The van der Waals surface area contributed by atoms with Crippen LogP contribution in [-0.4, -0.2) is 40.6 Å². The normalized spacial score (nSPS) is 19.0. The van der Waals surface area contributed by atoms with Crippen molar-refractivity contribution in [2.75, 3.05) is 13.1 Å². The summed E-state index contributed by atoms with van der Waals surface area (Å²) in [5.74, 6) is -0.117. The van der Waals surface area contributed by atoms with E-state index in [1.165, 1.54) is 11.3 Å². The Bertz CT molecular complexity index is 1110. The molecule has 30 heavy (non-hydrogen) atoms. The van der Waals surface area contributed by atoms with Crippen LogP contribution < -0.4 is 5.32 Å². The highest BCUT2D eigenvalue weighted by molar-refractivity contribution is 7.20. The van der Waals surface area contributed by atoms with E-state index in [0.29, 0.717) is 36.5 Å². The zero-order valence-electron chi connectivity index (χ0n) is 16.3. The van der Waals surface area contributed by atoms with Crippen LogP contribution in [0.15, 0.2) is 48.5 Å². The van der Waals surface area contributed by atoms with E-state index >= 15 is 0 Å². The van der Waals surface area contributed by atoms with Gasteiger partial charge >= 0.3 is 0 Å². The van der Waals surface area contributed by atoms with Crippen molar-refractivity contribution >= 4 is 39.2 Å². The fourth-order valence-corrected chi connectivity index (χ4v) is 5.31. The maximum atomic E-state index is 12.9. The zero-order valence-corrected chi connectivity index (χ0v) is 17.2. The summed E-state index contributed by atoms with van der Waals surface area (Å²) in [4.78, 5) is 44.1. The molecule has 1 aromatic heterocycles. The highest BCUT2D eigenvalue weighted by atomic mass is 32.1. The van der Waals surface area contributed by atoms with Gasteiger partial charge in [-0.1, -0.05) is 30.3 Å². The van der Waals surface area contributed by atoms with Gasteiger partial charge in [-0.2, -0.15) is 0 Å². The second-order valence-electron chi connectivity index (χ2n) is 7.82. The predicted molar refractivity (Wildman–Crippen MR) is 115 cm³/mol. The molecule has 152 valence electrons. The van der Waals surface area contributed by atoms with Crippen LogP contribution >= 0.6 is 11.3 Å². The molecule has 2 amide bonds. The SMILES string of the molecule is O=C1N[C@@H](CC(=O)N2CCC(C(=O)c3nc4ccccc4s3)CC2)c2ccccc21. The lowest BCUT2D eigenvalue weighted by atomic mass is 9.92. The molecule has 0 spiro atoms. The van der Waals surface area contributed by atoms with E-state index in [2.05, 4.69) is 10.3 Å². The molecular formula is C23H21N3O3S. The summed E-state index contributed by atoms with van der Waals surface area (Å²) in [6.07, 6.45) is 1.54. The highest BCUT2D eigenvalue weighted by Gasteiger charge is 2.33. The van der Waals surface area contributed by atoms with Gasteiger partial charge in [-0.05, 0) is 36.6 Å². The number of Topliss-reactive ketones (excluding diaryl/α,β-unsaturated/α-hetero) is 1. The summed E-state index contributed by atoms with van der Waals surface area (Å²) < 4.78 is 1.02. The minimum absolute atomic E-state index is 0.0166. The first-order chi connectivity index (χ1) is 14.6. The van der Waals surface area contributed by atoms with Gasteiger partial charge in [0, 0.05) is 24.6 Å². The number of hydrogen-bond acceptors (Lipinski definition) is 5. The van der Waals surface area contributed by atoms with Gasteiger partial charge in [-0.3, -0.25) is 14.4 Å². The number of rotatable bonds is 4. The molecule has 1 N–H and O–H groups in total. The zero-order chi connectivity index (χ0) is 20.7. The Morgan fingerprint density at radius 1 is 1.07 bits per heavy atom. The van der Waals surface area contributed by atoms with Gasteiger partial charge in [0.15, 0.2) is 10.8 Å². The van der Waals surface area contributed by atoms with Crippen molar-refractivity contribution in [3.8, 4) is 0 Å². The third-order valence-corrected chi connectivity index (χ3v) is 7.04. The molecular weight excluding hydrogens is 398 g/mol. The number of thiazole rings is 1. The van der Waals surface area contributed by atoms with Crippen molar-refractivity contribution in [2.24, 2.45) is 5.92 Å². The first-order valence-corrected chi connectivity index (χ1v) is 11.0. The van der Waals surface area contributed by atoms with Crippen LogP contribution in [0.5, 0.6) is 0 Å². The largest absolute Gasteiger partial charge is 0.345 e. The van der Waals surface area contributed by atoms with Gasteiger partial charge in [-0.25, -0.2) is 4.98 Å². The molecule has 3 heterocycles. The van der Waals surface area contributed by atoms with Crippen LogP contribution in [0.2, 0.25) is 0 Å². The first kappa shape index (κ1) is 18.9. The Labute approximate surface area is 177 Å². The van der Waals surface area contributed by atoms with Gasteiger partial charge in [0.05, 0.1) is 22.7 Å². The van der Waals surface area contributed by atoms with Gasteiger partial charge in [-0.15, -0.1) is 11.3 Å². The number of aromatic nitrogens is 1. The number of fused-ring (bicyclic) bond motifs is 2. The van der Waals surface area contributed by atoms with Gasteiger partial charge in [0.1, 0.15) is 0 Å². The Kier molecular flexibility index (Phi) is 4.83. The Morgan fingerprint density at radius 2 is 1.80 bits per heavy atom. The summed E-state index contributed by atoms with van der Waals surface area (Å²) in [5, 5.41) is 3.46. The van der Waals surface area contributed by atoms with Crippen molar-refractivity contribution in [1.82, 2.24) is 15.2 Å². The average Bonchev–Trinajstić information content (AvgIpc) is 3.35. The number of benzene rings is 2. The molecule has 0 bridgehead atoms. The maximum Gasteiger partial charge on any atom is 0.252 e. The Balaban J connectivity index is 1.20. The van der Waals surface area contributed by atoms with E-state index in [1.54, 1.807) is 6.07 Å². The lowest BCUT2D eigenvalue weighted by Gasteiger charge is -2.31. The summed E-state index contributed by atoms with van der Waals surface area (Å²) in [5.41, 5.74) is 2.39. The van der Waals surface area contributed by atoms with Crippen molar-refractivity contribution in [1.29, 1.82) is 0 Å². The van der Waals surface area contributed by atoms with Crippen LogP contribution in [0.3, 0.4) is 0 Å². The third kappa shape index (κ3) is 3.39. The lowest BCUT2D eigenvalue weighted by molar-refractivity contribution is -0.132. The standard InChI is InChI=1S/C23H21N3O3S/c27-20(13-18-15-5-1-2-6-16(15)22(29)24-18)26-11-9-14(10-12-26)21(28)23-25-17-7-3-4-8-19(17)30-23/h1-8,14,18H,9-13H2,(H,24,29)/t18-/m0/s1. The van der Waals surface area contributed by atoms with E-state index in [1.807, 2.05) is 47.4 Å². The smallest absolute Gasteiger partial charge is 0.252 e. The number of nitrogens with zero attached hydrogens (tertiary/aromatic N) is 2. The van der Waals surface area contributed by atoms with Crippen LogP contribution in [0.1, 0.15) is 51.0 Å². The number of amides is 2. The van der Waals surface area contributed by atoms with Crippen LogP contribution in [0.4, 0.5) is 0 Å². The number of piperidine rings is 1. The fraction of sp³-hybridized carbons (Fsp3) is 0.304. The van der Waals surface area contributed by atoms with Crippen molar-refractivity contribution in [3.63, 3.8) is 0 Å². The van der Waals surface area contributed by atoms with Gasteiger partial charge in [0.2, 0.25) is 5.91 Å². The van der Waals surface area contributed by atoms with E-state index in [0.717, 1.165) is 15.8 Å². The molecule has 2 aliphatic heterocycles. The molecule has 0 aliphatic carbocycles. The predicted octanol–water partition coefficient (Wildman–Crippen LogP) is 3.59. The summed E-state index contributed by atoms with van der Waals surface area (Å²) in [6, 6.07) is 14.9. The second-order valence-corrected chi connectivity index (χ2v) is 8.85. The van der Waals surface area contributed by atoms with Crippen LogP contribution in [0, 0.1) is 5.92 Å². The molecule has 6 nitrogen and oxygen atoms in total. The number of likely N-dealkylation sites (tertiary alicyclic amines) is 1. The Morgan fingerprint density at radius 3 is 2.60 bits per heavy atom. The van der Waals surface area contributed by atoms with Crippen molar-refractivity contribution < 1.29 is 14.4 Å². The average molecular weight is 420 g/mol. The number of hydrogen-bond donors (Lipinski definition) is 1. The van der Waals surface area contributed by atoms with Crippen molar-refractivity contribution in [3.05, 3.63) is 64.7 Å². The van der Waals surface area contributed by atoms with Gasteiger partial charge in [0.25, 0.3) is 5.91 Å².